The van der Waals surface area contributed by atoms with Crippen LogP contribution in [0.1, 0.15) is 50.8 Å². The van der Waals surface area contributed by atoms with E-state index in [4.69, 9.17) is 0 Å². The van der Waals surface area contributed by atoms with Crippen LogP contribution in [0.5, 0.6) is 0 Å². The third-order valence-corrected chi connectivity index (χ3v) is 19.2. The van der Waals surface area contributed by atoms with Crippen LogP contribution in [-0.2, 0) is 100 Å². The third-order valence-electron chi connectivity index (χ3n) is 12.3. The minimum atomic E-state index is -5.74. The van der Waals surface area contributed by atoms with Crippen molar-refractivity contribution in [2.75, 3.05) is 19.6 Å². The molecule has 4 aliphatic rings. The molecular formula is C41H28N6O29S8. The Kier molecular flexibility index (Phi) is 15.3. The Bertz CT molecular complexity index is 4640. The number of amides is 4. The maximum absolute atomic E-state index is 15.6. The van der Waals surface area contributed by atoms with Crippen LogP contribution in [0.3, 0.4) is 0 Å². The van der Waals surface area contributed by atoms with E-state index < -0.39 is 206 Å². The minimum Gasteiger partial charge on any atom is -0.299 e. The molecule has 4 amide bonds. The molecule has 0 radical (unpaired) electrons. The number of carbonyl (C=O) groups excluding carboxylic acids is 5. The predicted octanol–water partition coefficient (Wildman–Crippen LogP) is 0.402. The minimum absolute atomic E-state index is 0.123. The molecule has 4 bridgehead atoms. The topological polar surface area (TPSA) is 559 Å². The number of aromatic nitrogens is 2. The first kappa shape index (κ1) is 62.1. The number of hydrogen-bond donors (Lipinski definition) is 8. The van der Waals surface area contributed by atoms with Crippen molar-refractivity contribution in [2.24, 2.45) is 0 Å². The van der Waals surface area contributed by atoms with E-state index >= 15 is 4.79 Å². The number of anilines is 6. The van der Waals surface area contributed by atoms with Crippen LogP contribution in [0.4, 0.5) is 34.1 Å². The van der Waals surface area contributed by atoms with Gasteiger partial charge in [-0.05, 0) is 84.9 Å². The molecule has 444 valence electrons. The van der Waals surface area contributed by atoms with Gasteiger partial charge in [-0.1, -0.05) is 0 Å². The van der Waals surface area contributed by atoms with Crippen molar-refractivity contribution >= 4 is 146 Å². The first-order valence-corrected chi connectivity index (χ1v) is 33.0. The van der Waals surface area contributed by atoms with E-state index in [1.807, 2.05) is 0 Å². The fourth-order valence-corrected chi connectivity index (χ4v) is 13.9. The van der Waals surface area contributed by atoms with E-state index in [1.54, 1.807) is 0 Å². The molecule has 2 aliphatic carbocycles. The predicted molar refractivity (Wildman–Crippen MR) is 273 cm³/mol. The fraction of sp³-hybridized carbons (Fsp3) is 0.0488. The number of pyridine rings is 2. The summed E-state index contributed by atoms with van der Waals surface area (Å²) in [6, 6.07) is 1.24. The number of benzene rings is 4. The molecule has 2 aromatic heterocycles. The van der Waals surface area contributed by atoms with Crippen LogP contribution in [0.15, 0.2) is 124 Å². The molecule has 2 unspecified atom stereocenters. The van der Waals surface area contributed by atoms with Gasteiger partial charge < -0.3 is 0 Å². The van der Waals surface area contributed by atoms with E-state index in [1.165, 1.54) is 0 Å². The quantitative estimate of drug-likeness (QED) is 0.0259. The van der Waals surface area contributed by atoms with Crippen molar-refractivity contribution < 1.29 is 128 Å². The second-order valence-electron chi connectivity index (χ2n) is 17.1. The highest BCUT2D eigenvalue weighted by Crippen LogP contribution is 2.52. The Morgan fingerprint density at radius 1 is 0.333 bits per heavy atom. The molecule has 4 heterocycles. The Balaban J connectivity index is 1.47. The SMILES string of the molecule is O=CN(c1ccc(S(=O)(=O)O)cc1S(=O)(=O)O)c1cc(C(=O)c2cc(N(C=O)c3ccc(S(=O)(=O)O)cc3S(=O)(=O)O)c3nc2C3N(C=O)c2ccc(S(=O)(=O)O)cc2S(=O)(=O)O)c2nc1C2N(C=O)c1ccc(S(=O)(=O)O)cc1S(=O)(=O)O. The lowest BCUT2D eigenvalue weighted by atomic mass is 9.83. The molecule has 2 atom stereocenters. The lowest BCUT2D eigenvalue weighted by Crippen LogP contribution is -2.41. The van der Waals surface area contributed by atoms with E-state index in [2.05, 4.69) is 9.97 Å². The van der Waals surface area contributed by atoms with E-state index in [0.717, 1.165) is 0 Å². The Morgan fingerprint density at radius 2 is 0.583 bits per heavy atom. The molecule has 6 aromatic rings. The molecule has 0 saturated heterocycles. The standard InChI is InChI=1S/C41H28N6O29S8/c48-15-44(25-5-1-19(77(53,54)55)9-31(25)81(65,66)67)29-13-23(35-39(37(29)42-35)46(17-50)27-7-3-21(79(59,60)61)11-33(27)83(71,72)73)41(52)24-14-30(45(16-49)26-6-2-20(78(56,57)58)10-32(26)82(68,69)70)38-40(36(24)43-38)47(18-51)28-8-4-22(80(62,63)64)12-34(28)84(74,75)76/h1-18,39-40H,(H,53,54,55)(H,56,57,58)(H,59,60,61)(H,62,63,64)(H,65,66,67)(H,68,69,70)(H,71,72,73)(H,74,75,76). The summed E-state index contributed by atoms with van der Waals surface area (Å²) in [4.78, 5) is 67.1. The molecule has 0 saturated carbocycles. The maximum Gasteiger partial charge on any atom is 0.296 e. The van der Waals surface area contributed by atoms with Crippen molar-refractivity contribution in [3.05, 3.63) is 119 Å². The first-order chi connectivity index (χ1) is 38.5. The van der Waals surface area contributed by atoms with Gasteiger partial charge in [0, 0.05) is 11.1 Å². The monoisotopic (exact) mass is 1320 g/mol. The molecular weight excluding hydrogens is 1300 g/mol. The van der Waals surface area contributed by atoms with Gasteiger partial charge in [0.2, 0.25) is 25.6 Å². The van der Waals surface area contributed by atoms with Gasteiger partial charge in [0.25, 0.3) is 80.9 Å². The van der Waals surface area contributed by atoms with Gasteiger partial charge in [-0.3, -0.25) is 80.0 Å². The van der Waals surface area contributed by atoms with Gasteiger partial charge >= 0.3 is 0 Å². The highest BCUT2D eigenvalue weighted by Gasteiger charge is 2.47. The van der Waals surface area contributed by atoms with Gasteiger partial charge in [0.05, 0.1) is 76.5 Å². The van der Waals surface area contributed by atoms with Crippen molar-refractivity contribution in [3.63, 3.8) is 0 Å². The summed E-state index contributed by atoms with van der Waals surface area (Å²) in [5, 5.41) is 0. The number of fused-ring (bicyclic) bond motifs is 4. The summed E-state index contributed by atoms with van der Waals surface area (Å²) < 4.78 is 280. The molecule has 43 heteroatoms. The molecule has 4 aromatic carbocycles. The van der Waals surface area contributed by atoms with Crippen LogP contribution in [0.25, 0.3) is 0 Å². The summed E-state index contributed by atoms with van der Waals surface area (Å²) in [7, 11) is -44.3. The van der Waals surface area contributed by atoms with E-state index in [9.17, 15) is 123 Å². The smallest absolute Gasteiger partial charge is 0.296 e. The lowest BCUT2D eigenvalue weighted by molar-refractivity contribution is -0.108. The Labute approximate surface area is 471 Å². The lowest BCUT2D eigenvalue weighted by Gasteiger charge is -2.40. The van der Waals surface area contributed by atoms with Gasteiger partial charge in [-0.2, -0.15) is 67.3 Å². The first-order valence-electron chi connectivity index (χ1n) is 21.5. The van der Waals surface area contributed by atoms with Gasteiger partial charge in [-0.15, -0.1) is 0 Å². The van der Waals surface area contributed by atoms with Gasteiger partial charge in [0.15, 0.2) is 5.78 Å². The molecule has 35 nitrogen and oxygen atoms in total. The second kappa shape index (κ2) is 20.7. The maximum atomic E-state index is 15.6. The molecule has 2 aliphatic heterocycles. The summed E-state index contributed by atoms with van der Waals surface area (Å²) >= 11 is 0. The van der Waals surface area contributed by atoms with Crippen LogP contribution >= 0.6 is 0 Å². The zero-order valence-electron chi connectivity index (χ0n) is 40.1. The summed E-state index contributed by atoms with van der Waals surface area (Å²) in [6.45, 7) is 0. The van der Waals surface area contributed by atoms with E-state index in [0.29, 0.717) is 60.7 Å². The zero-order valence-corrected chi connectivity index (χ0v) is 46.7. The number of rotatable bonds is 22. The molecule has 0 spiro atoms. The number of carbonyl (C=O) groups is 5. The van der Waals surface area contributed by atoms with Crippen LogP contribution in [-0.4, -0.2) is 145 Å². The van der Waals surface area contributed by atoms with Crippen molar-refractivity contribution in [1.29, 1.82) is 0 Å². The molecule has 84 heavy (non-hydrogen) atoms. The highest BCUT2D eigenvalue weighted by atomic mass is 32.2. The average molecular weight is 1330 g/mol. The number of ketones is 1. The summed E-state index contributed by atoms with van der Waals surface area (Å²) in [5.74, 6) is -1.62. The van der Waals surface area contributed by atoms with Gasteiger partial charge in [0.1, 0.15) is 31.7 Å². The fourth-order valence-electron chi connectivity index (χ4n) is 8.70. The normalized spacial score (nSPS) is 15.2. The highest BCUT2D eigenvalue weighted by molar-refractivity contribution is 7.88. The summed E-state index contributed by atoms with van der Waals surface area (Å²) in [5.41, 5.74) is -11.1. The van der Waals surface area contributed by atoms with E-state index in [-0.39, 0.29) is 69.5 Å². The van der Waals surface area contributed by atoms with Gasteiger partial charge in [-0.25, -0.2) is 9.97 Å². The molecule has 10 rings (SSSR count). The largest absolute Gasteiger partial charge is 0.299 e. The van der Waals surface area contributed by atoms with Crippen LogP contribution in [0, 0.1) is 0 Å². The number of hydrogen-bond acceptors (Lipinski definition) is 23. The zero-order chi connectivity index (χ0) is 62.7. The Hall–Kier alpha value is -7.99. The summed E-state index contributed by atoms with van der Waals surface area (Å²) in [6.07, 6.45) is -1.12. The van der Waals surface area contributed by atoms with Crippen LogP contribution in [0.2, 0.25) is 0 Å². The molecule has 8 N–H and O–H groups in total. The van der Waals surface area contributed by atoms with Crippen LogP contribution < -0.4 is 19.6 Å². The van der Waals surface area contributed by atoms with Crippen molar-refractivity contribution in [1.82, 2.24) is 9.97 Å². The Morgan fingerprint density at radius 3 is 0.810 bits per heavy atom. The molecule has 0 fully saturated rings. The third kappa shape index (κ3) is 11.2. The second-order valence-corrected chi connectivity index (χ2v) is 28.3. The van der Waals surface area contributed by atoms with Crippen molar-refractivity contribution in [2.45, 2.75) is 51.2 Å². The van der Waals surface area contributed by atoms with Crippen molar-refractivity contribution in [3.8, 4) is 0 Å². The number of nitrogens with zero attached hydrogens (tertiary/aromatic N) is 6. The average Bonchev–Trinajstić information content (AvgIpc) is 0.742.